The molecule has 0 aliphatic carbocycles. The van der Waals surface area contributed by atoms with Crippen LogP contribution in [-0.4, -0.2) is 16.1 Å². The number of phenolic OH excluding ortho intramolecular Hbond substituents is 1. The fourth-order valence-corrected chi connectivity index (χ4v) is 2.54. The molecule has 0 spiro atoms. The van der Waals surface area contributed by atoms with Crippen molar-refractivity contribution in [2.75, 3.05) is 5.32 Å². The van der Waals surface area contributed by atoms with Crippen LogP contribution in [0.2, 0.25) is 0 Å². The molecule has 1 amide bonds. The zero-order valence-electron chi connectivity index (χ0n) is 14.0. The maximum Gasteiger partial charge on any atom is 0.263 e. The van der Waals surface area contributed by atoms with E-state index in [0.29, 0.717) is 11.3 Å². The number of amides is 1. The number of rotatable bonds is 3. The SMILES string of the molecule is Cc1cc(NC(=S)NC(=O)c2c(F)cccc2F)c(C(C)C)cc1O. The number of benzene rings is 2. The van der Waals surface area contributed by atoms with Crippen molar-refractivity contribution in [3.8, 4) is 5.75 Å². The highest BCUT2D eigenvalue weighted by Crippen LogP contribution is 2.31. The van der Waals surface area contributed by atoms with E-state index >= 15 is 0 Å². The molecular weight excluding hydrogens is 346 g/mol. The third kappa shape index (κ3) is 4.30. The molecule has 3 N–H and O–H groups in total. The van der Waals surface area contributed by atoms with Gasteiger partial charge in [-0.1, -0.05) is 19.9 Å². The van der Waals surface area contributed by atoms with Crippen LogP contribution >= 0.6 is 12.2 Å². The lowest BCUT2D eigenvalue weighted by Crippen LogP contribution is -2.35. The topological polar surface area (TPSA) is 61.4 Å². The van der Waals surface area contributed by atoms with Crippen molar-refractivity contribution in [3.63, 3.8) is 0 Å². The average Bonchev–Trinajstić information content (AvgIpc) is 2.50. The van der Waals surface area contributed by atoms with Gasteiger partial charge in [0.15, 0.2) is 5.11 Å². The van der Waals surface area contributed by atoms with Crippen LogP contribution in [0.4, 0.5) is 14.5 Å². The minimum Gasteiger partial charge on any atom is -0.508 e. The van der Waals surface area contributed by atoms with E-state index in [0.717, 1.165) is 17.7 Å². The van der Waals surface area contributed by atoms with Gasteiger partial charge in [-0.3, -0.25) is 10.1 Å². The molecule has 0 atom stereocenters. The minimum absolute atomic E-state index is 0.0801. The molecule has 7 heteroatoms. The summed E-state index contributed by atoms with van der Waals surface area (Å²) in [6.07, 6.45) is 0. The predicted molar refractivity (Wildman–Crippen MR) is 97.0 cm³/mol. The second kappa shape index (κ2) is 7.57. The van der Waals surface area contributed by atoms with Crippen molar-refractivity contribution in [1.29, 1.82) is 0 Å². The van der Waals surface area contributed by atoms with E-state index in [4.69, 9.17) is 12.2 Å². The highest BCUT2D eigenvalue weighted by atomic mass is 32.1. The first-order valence-electron chi connectivity index (χ1n) is 7.60. The lowest BCUT2D eigenvalue weighted by Gasteiger charge is -2.17. The van der Waals surface area contributed by atoms with Gasteiger partial charge in [0.1, 0.15) is 22.9 Å². The molecule has 0 heterocycles. The Morgan fingerprint density at radius 2 is 1.80 bits per heavy atom. The largest absolute Gasteiger partial charge is 0.508 e. The third-order valence-corrected chi connectivity index (χ3v) is 3.86. The predicted octanol–water partition coefficient (Wildman–Crippen LogP) is 4.23. The summed E-state index contributed by atoms with van der Waals surface area (Å²) in [5, 5.41) is 14.9. The van der Waals surface area contributed by atoms with Gasteiger partial charge in [-0.05, 0) is 60.5 Å². The molecule has 0 radical (unpaired) electrons. The molecule has 0 aliphatic rings. The van der Waals surface area contributed by atoms with Crippen LogP contribution in [0.5, 0.6) is 5.75 Å². The summed E-state index contributed by atoms with van der Waals surface area (Å²) in [7, 11) is 0. The molecule has 0 fully saturated rings. The Labute approximate surface area is 149 Å². The van der Waals surface area contributed by atoms with Crippen molar-refractivity contribution in [3.05, 3.63) is 58.7 Å². The molecule has 2 aromatic carbocycles. The van der Waals surface area contributed by atoms with E-state index in [-0.39, 0.29) is 16.8 Å². The molecule has 2 aromatic rings. The van der Waals surface area contributed by atoms with Gasteiger partial charge in [0, 0.05) is 5.69 Å². The van der Waals surface area contributed by atoms with Crippen molar-refractivity contribution < 1.29 is 18.7 Å². The smallest absolute Gasteiger partial charge is 0.263 e. The molecule has 0 bridgehead atoms. The minimum atomic E-state index is -0.977. The number of anilines is 1. The van der Waals surface area contributed by atoms with Crippen LogP contribution in [0.25, 0.3) is 0 Å². The standard InChI is InChI=1S/C18H18F2N2O2S/c1-9(2)11-8-15(23)10(3)7-14(11)21-18(25)22-17(24)16-12(19)5-4-6-13(16)20/h4-9,23H,1-3H3,(H2,21,22,24,25). The Morgan fingerprint density at radius 1 is 1.20 bits per heavy atom. The Morgan fingerprint density at radius 3 is 2.36 bits per heavy atom. The van der Waals surface area contributed by atoms with Gasteiger partial charge < -0.3 is 10.4 Å². The number of phenols is 1. The number of carbonyl (C=O) groups excluding carboxylic acids is 1. The number of nitrogens with one attached hydrogen (secondary N) is 2. The Kier molecular flexibility index (Phi) is 5.69. The Hall–Kier alpha value is -2.54. The summed E-state index contributed by atoms with van der Waals surface area (Å²) in [6.45, 7) is 5.60. The summed E-state index contributed by atoms with van der Waals surface area (Å²) in [6, 6.07) is 6.46. The molecule has 25 heavy (non-hydrogen) atoms. The van der Waals surface area contributed by atoms with Gasteiger partial charge in [-0.25, -0.2) is 8.78 Å². The van der Waals surface area contributed by atoms with E-state index < -0.39 is 23.1 Å². The van der Waals surface area contributed by atoms with E-state index in [9.17, 15) is 18.7 Å². The first-order chi connectivity index (χ1) is 11.7. The normalized spacial score (nSPS) is 10.6. The van der Waals surface area contributed by atoms with Crippen LogP contribution in [-0.2, 0) is 0 Å². The van der Waals surface area contributed by atoms with Gasteiger partial charge >= 0.3 is 0 Å². The summed E-state index contributed by atoms with van der Waals surface area (Å²) < 4.78 is 27.3. The van der Waals surface area contributed by atoms with E-state index in [1.165, 1.54) is 6.07 Å². The third-order valence-electron chi connectivity index (χ3n) is 3.66. The van der Waals surface area contributed by atoms with E-state index in [1.807, 2.05) is 13.8 Å². The second-order valence-corrected chi connectivity index (χ2v) is 6.29. The molecule has 0 saturated carbocycles. The van der Waals surface area contributed by atoms with Crippen LogP contribution < -0.4 is 10.6 Å². The summed E-state index contributed by atoms with van der Waals surface area (Å²) >= 11 is 5.07. The van der Waals surface area contributed by atoms with Gasteiger partial charge in [0.25, 0.3) is 5.91 Å². The van der Waals surface area contributed by atoms with E-state index in [1.54, 1.807) is 19.1 Å². The maximum atomic E-state index is 13.7. The van der Waals surface area contributed by atoms with Gasteiger partial charge in [0.05, 0.1) is 0 Å². The fourth-order valence-electron chi connectivity index (χ4n) is 2.33. The van der Waals surface area contributed by atoms with Crippen LogP contribution in [0, 0.1) is 18.6 Å². The van der Waals surface area contributed by atoms with Crippen LogP contribution in [0.1, 0.15) is 41.3 Å². The van der Waals surface area contributed by atoms with E-state index in [2.05, 4.69) is 10.6 Å². The number of thiocarbonyl (C=S) groups is 1. The molecule has 0 unspecified atom stereocenters. The fraction of sp³-hybridized carbons (Fsp3) is 0.222. The molecule has 0 aliphatic heterocycles. The number of carbonyl (C=O) groups is 1. The van der Waals surface area contributed by atoms with Gasteiger partial charge in [0.2, 0.25) is 0 Å². The maximum absolute atomic E-state index is 13.7. The molecule has 4 nitrogen and oxygen atoms in total. The second-order valence-electron chi connectivity index (χ2n) is 5.89. The zero-order chi connectivity index (χ0) is 18.7. The summed E-state index contributed by atoms with van der Waals surface area (Å²) in [5.74, 6) is -2.68. The lowest BCUT2D eigenvalue weighted by atomic mass is 9.98. The Balaban J connectivity index is 2.21. The van der Waals surface area contributed by atoms with Crippen molar-refractivity contribution >= 4 is 28.9 Å². The quantitative estimate of drug-likeness (QED) is 0.563. The zero-order valence-corrected chi connectivity index (χ0v) is 14.8. The summed E-state index contributed by atoms with van der Waals surface area (Å²) in [5.41, 5.74) is 1.32. The molecule has 132 valence electrons. The average molecular weight is 364 g/mol. The van der Waals surface area contributed by atoms with Crippen LogP contribution in [0.15, 0.2) is 30.3 Å². The number of aromatic hydroxyl groups is 1. The number of aryl methyl sites for hydroxylation is 1. The van der Waals surface area contributed by atoms with Gasteiger partial charge in [-0.2, -0.15) is 0 Å². The van der Waals surface area contributed by atoms with Crippen LogP contribution in [0.3, 0.4) is 0 Å². The van der Waals surface area contributed by atoms with Crippen molar-refractivity contribution in [2.45, 2.75) is 26.7 Å². The van der Waals surface area contributed by atoms with Gasteiger partial charge in [-0.15, -0.1) is 0 Å². The van der Waals surface area contributed by atoms with Crippen molar-refractivity contribution in [1.82, 2.24) is 5.32 Å². The highest BCUT2D eigenvalue weighted by Gasteiger charge is 2.19. The number of hydrogen-bond acceptors (Lipinski definition) is 3. The monoisotopic (exact) mass is 364 g/mol. The lowest BCUT2D eigenvalue weighted by molar-refractivity contribution is 0.0969. The first kappa shape index (κ1) is 18.8. The Bertz CT molecular complexity index is 818. The number of halogens is 2. The molecule has 2 rings (SSSR count). The number of hydrogen-bond donors (Lipinski definition) is 3. The molecular formula is C18H18F2N2O2S. The molecule has 0 aromatic heterocycles. The highest BCUT2D eigenvalue weighted by molar-refractivity contribution is 7.80. The molecule has 0 saturated heterocycles. The van der Waals surface area contributed by atoms with Crippen molar-refractivity contribution in [2.24, 2.45) is 0 Å². The first-order valence-corrected chi connectivity index (χ1v) is 8.01. The summed E-state index contributed by atoms with van der Waals surface area (Å²) in [4.78, 5) is 12.1.